The summed E-state index contributed by atoms with van der Waals surface area (Å²) in [7, 11) is 1.57. The van der Waals surface area contributed by atoms with Gasteiger partial charge in [-0.05, 0) is 37.1 Å². The van der Waals surface area contributed by atoms with Gasteiger partial charge in [0.2, 0.25) is 0 Å². The largest absolute Gasteiger partial charge is 0.497 e. The van der Waals surface area contributed by atoms with Crippen LogP contribution < -0.4 is 10.2 Å². The van der Waals surface area contributed by atoms with Crippen LogP contribution in [0.5, 0.6) is 5.75 Å². The van der Waals surface area contributed by atoms with E-state index in [0.29, 0.717) is 11.3 Å². The van der Waals surface area contributed by atoms with Gasteiger partial charge in [-0.1, -0.05) is 42.8 Å². The molecule has 0 heterocycles. The first-order chi connectivity index (χ1) is 10.6. The average Bonchev–Trinajstić information content (AvgIpc) is 2.56. The van der Waals surface area contributed by atoms with Crippen molar-refractivity contribution in [3.8, 4) is 5.75 Å². The lowest BCUT2D eigenvalue weighted by atomic mass is 10.1. The summed E-state index contributed by atoms with van der Waals surface area (Å²) in [5, 5.41) is 4.25. The predicted molar refractivity (Wildman–Crippen MR) is 88.5 cm³/mol. The van der Waals surface area contributed by atoms with Gasteiger partial charge < -0.3 is 4.74 Å². The second-order valence-corrected chi connectivity index (χ2v) is 4.95. The predicted octanol–water partition coefficient (Wildman–Crippen LogP) is 3.55. The molecule has 0 saturated heterocycles. The van der Waals surface area contributed by atoms with E-state index >= 15 is 0 Å². The van der Waals surface area contributed by atoms with Crippen LogP contribution in [0.3, 0.4) is 0 Å². The molecule has 4 nitrogen and oxygen atoms in total. The second-order valence-electron chi connectivity index (χ2n) is 4.95. The van der Waals surface area contributed by atoms with Gasteiger partial charge in [0.1, 0.15) is 5.75 Å². The molecule has 2 aromatic carbocycles. The van der Waals surface area contributed by atoms with Gasteiger partial charge >= 0.3 is 0 Å². The Bertz CT molecular complexity index is 676. The number of benzene rings is 2. The van der Waals surface area contributed by atoms with Crippen LogP contribution in [0.1, 0.15) is 34.8 Å². The maximum Gasteiger partial charge on any atom is 0.271 e. The van der Waals surface area contributed by atoms with Crippen molar-refractivity contribution in [2.24, 2.45) is 5.10 Å². The Labute approximate surface area is 130 Å². The van der Waals surface area contributed by atoms with Gasteiger partial charge in [-0.25, -0.2) is 5.43 Å². The van der Waals surface area contributed by atoms with Crippen molar-refractivity contribution in [1.82, 2.24) is 5.43 Å². The van der Waals surface area contributed by atoms with Gasteiger partial charge in [0.05, 0.1) is 12.8 Å². The molecule has 4 heteroatoms. The van der Waals surface area contributed by atoms with Crippen LogP contribution in [0.25, 0.3) is 0 Å². The van der Waals surface area contributed by atoms with Crippen molar-refractivity contribution < 1.29 is 9.53 Å². The van der Waals surface area contributed by atoms with Crippen LogP contribution in [-0.2, 0) is 0 Å². The van der Waals surface area contributed by atoms with Crippen LogP contribution in [0.15, 0.2) is 53.6 Å². The van der Waals surface area contributed by atoms with E-state index in [-0.39, 0.29) is 5.91 Å². The Hall–Kier alpha value is -2.62. The van der Waals surface area contributed by atoms with E-state index in [0.717, 1.165) is 17.7 Å². The van der Waals surface area contributed by atoms with Gasteiger partial charge in [0.25, 0.3) is 5.91 Å². The molecular formula is C18H20N2O2. The zero-order chi connectivity index (χ0) is 15.9. The summed E-state index contributed by atoms with van der Waals surface area (Å²) in [6.07, 6.45) is 0.738. The van der Waals surface area contributed by atoms with E-state index in [1.807, 2.05) is 38.1 Å². The lowest BCUT2D eigenvalue weighted by molar-refractivity contribution is 0.0954. The van der Waals surface area contributed by atoms with Crippen LogP contribution in [0.4, 0.5) is 0 Å². The number of rotatable bonds is 5. The van der Waals surface area contributed by atoms with Crippen LogP contribution in [0.2, 0.25) is 0 Å². The molecule has 0 atom stereocenters. The molecule has 0 spiro atoms. The first-order valence-electron chi connectivity index (χ1n) is 7.22. The number of hydrogen-bond donors (Lipinski definition) is 1. The van der Waals surface area contributed by atoms with Gasteiger partial charge in [-0.2, -0.15) is 5.10 Å². The number of carbonyl (C=O) groups excluding carboxylic acids is 1. The topological polar surface area (TPSA) is 50.7 Å². The SMILES string of the molecule is CC/C(=N\NC(=O)c1cccc(OC)c1)c1ccc(C)cc1. The standard InChI is InChI=1S/C18H20N2O2/c1-4-17(14-10-8-13(2)9-11-14)19-20-18(21)15-6-5-7-16(12-15)22-3/h5-12H,4H2,1-3H3,(H,20,21)/b19-17+. The van der Waals surface area contributed by atoms with Crippen molar-refractivity contribution in [2.75, 3.05) is 7.11 Å². The molecule has 0 aliphatic carbocycles. The summed E-state index contributed by atoms with van der Waals surface area (Å²) in [5.74, 6) is 0.392. The minimum atomic E-state index is -0.253. The van der Waals surface area contributed by atoms with E-state index in [9.17, 15) is 4.79 Å². The molecule has 2 rings (SSSR count). The Kier molecular flexibility index (Phi) is 5.31. The summed E-state index contributed by atoms with van der Waals surface area (Å²) in [4.78, 5) is 12.1. The van der Waals surface area contributed by atoms with E-state index in [1.165, 1.54) is 5.56 Å². The summed E-state index contributed by atoms with van der Waals surface area (Å²) >= 11 is 0. The molecule has 0 aliphatic heterocycles. The molecule has 114 valence electrons. The smallest absolute Gasteiger partial charge is 0.271 e. The minimum Gasteiger partial charge on any atom is -0.497 e. The molecular weight excluding hydrogens is 276 g/mol. The summed E-state index contributed by atoms with van der Waals surface area (Å²) < 4.78 is 5.12. The number of aryl methyl sites for hydroxylation is 1. The lowest BCUT2D eigenvalue weighted by Gasteiger charge is -2.06. The number of nitrogens with one attached hydrogen (secondary N) is 1. The highest BCUT2D eigenvalue weighted by Crippen LogP contribution is 2.12. The van der Waals surface area contributed by atoms with E-state index < -0.39 is 0 Å². The minimum absolute atomic E-state index is 0.253. The number of nitrogens with zero attached hydrogens (tertiary/aromatic N) is 1. The Morgan fingerprint density at radius 3 is 2.50 bits per heavy atom. The highest BCUT2D eigenvalue weighted by atomic mass is 16.5. The van der Waals surface area contributed by atoms with Crippen molar-refractivity contribution in [3.63, 3.8) is 0 Å². The summed E-state index contributed by atoms with van der Waals surface area (Å²) in [6.45, 7) is 4.05. The fraction of sp³-hybridized carbons (Fsp3) is 0.222. The van der Waals surface area contributed by atoms with E-state index in [1.54, 1.807) is 31.4 Å². The molecule has 0 saturated carbocycles. The molecule has 0 fully saturated rings. The lowest BCUT2D eigenvalue weighted by Crippen LogP contribution is -2.20. The molecule has 0 radical (unpaired) electrons. The maximum atomic E-state index is 12.1. The zero-order valence-electron chi connectivity index (χ0n) is 13.1. The first kappa shape index (κ1) is 15.8. The number of amides is 1. The van der Waals surface area contributed by atoms with Gasteiger partial charge in [-0.15, -0.1) is 0 Å². The van der Waals surface area contributed by atoms with Crippen LogP contribution in [-0.4, -0.2) is 18.7 Å². The fourth-order valence-electron chi connectivity index (χ4n) is 2.04. The first-order valence-corrected chi connectivity index (χ1v) is 7.22. The van der Waals surface area contributed by atoms with Crippen LogP contribution in [0, 0.1) is 6.92 Å². The molecule has 0 bridgehead atoms. The molecule has 22 heavy (non-hydrogen) atoms. The third-order valence-corrected chi connectivity index (χ3v) is 3.34. The quantitative estimate of drug-likeness (QED) is 0.677. The van der Waals surface area contributed by atoms with Gasteiger partial charge in [0, 0.05) is 5.56 Å². The Morgan fingerprint density at radius 1 is 1.14 bits per heavy atom. The number of ether oxygens (including phenoxy) is 1. The Balaban J connectivity index is 2.14. The highest BCUT2D eigenvalue weighted by molar-refractivity contribution is 6.02. The Morgan fingerprint density at radius 2 is 1.86 bits per heavy atom. The molecule has 0 aromatic heterocycles. The maximum absolute atomic E-state index is 12.1. The third-order valence-electron chi connectivity index (χ3n) is 3.34. The van der Waals surface area contributed by atoms with E-state index in [4.69, 9.17) is 4.74 Å². The van der Waals surface area contributed by atoms with Crippen molar-refractivity contribution in [3.05, 3.63) is 65.2 Å². The fourth-order valence-corrected chi connectivity index (χ4v) is 2.04. The van der Waals surface area contributed by atoms with Crippen LogP contribution >= 0.6 is 0 Å². The number of methoxy groups -OCH3 is 1. The molecule has 1 amide bonds. The molecule has 0 unspecified atom stereocenters. The van der Waals surface area contributed by atoms with Crippen molar-refractivity contribution in [1.29, 1.82) is 0 Å². The number of hydrogen-bond acceptors (Lipinski definition) is 3. The van der Waals surface area contributed by atoms with Crippen molar-refractivity contribution >= 4 is 11.6 Å². The summed E-state index contributed by atoms with van der Waals surface area (Å²) in [6, 6.07) is 15.1. The normalized spacial score (nSPS) is 11.1. The zero-order valence-corrected chi connectivity index (χ0v) is 13.1. The van der Waals surface area contributed by atoms with E-state index in [2.05, 4.69) is 10.5 Å². The second kappa shape index (κ2) is 7.41. The molecule has 2 aromatic rings. The summed E-state index contributed by atoms with van der Waals surface area (Å²) in [5.41, 5.74) is 6.17. The van der Waals surface area contributed by atoms with Gasteiger partial charge in [-0.3, -0.25) is 4.79 Å². The molecule has 1 N–H and O–H groups in total. The highest BCUT2D eigenvalue weighted by Gasteiger charge is 2.07. The number of carbonyl (C=O) groups is 1. The average molecular weight is 296 g/mol. The third kappa shape index (κ3) is 3.95. The molecule has 0 aliphatic rings. The monoisotopic (exact) mass is 296 g/mol. The number of hydrazone groups is 1. The van der Waals surface area contributed by atoms with Gasteiger partial charge in [0.15, 0.2) is 0 Å². The van der Waals surface area contributed by atoms with Crippen molar-refractivity contribution in [2.45, 2.75) is 20.3 Å².